The van der Waals surface area contributed by atoms with Crippen molar-refractivity contribution in [3.8, 4) is 11.8 Å². The van der Waals surface area contributed by atoms with Crippen molar-refractivity contribution in [2.75, 3.05) is 11.9 Å². The molecule has 0 radical (unpaired) electrons. The average Bonchev–Trinajstić information content (AvgIpc) is 2.97. The fraction of sp³-hybridized carbons (Fsp3) is 0.316. The van der Waals surface area contributed by atoms with Gasteiger partial charge in [-0.15, -0.1) is 11.3 Å². The van der Waals surface area contributed by atoms with Gasteiger partial charge in [0.15, 0.2) is 6.61 Å². The highest BCUT2D eigenvalue weighted by atomic mass is 32.1. The lowest BCUT2D eigenvalue weighted by Gasteiger charge is -2.18. The maximum atomic E-state index is 12.2. The van der Waals surface area contributed by atoms with Crippen molar-refractivity contribution >= 4 is 28.2 Å². The zero-order chi connectivity index (χ0) is 18.7. The van der Waals surface area contributed by atoms with Gasteiger partial charge in [-0.1, -0.05) is 6.92 Å². The van der Waals surface area contributed by atoms with Crippen LogP contribution in [-0.2, 0) is 17.6 Å². The van der Waals surface area contributed by atoms with E-state index in [1.54, 1.807) is 24.3 Å². The van der Waals surface area contributed by atoms with E-state index >= 15 is 0 Å². The summed E-state index contributed by atoms with van der Waals surface area (Å²) < 4.78 is 5.43. The average molecular weight is 369 g/mol. The Morgan fingerprint density at radius 3 is 2.77 bits per heavy atom. The van der Waals surface area contributed by atoms with Crippen LogP contribution in [0.1, 0.15) is 39.7 Å². The number of nitrogens with zero attached hydrogens (tertiary/aromatic N) is 1. The van der Waals surface area contributed by atoms with Gasteiger partial charge in [0.2, 0.25) is 0 Å². The Balaban J connectivity index is 1.69. The molecular formula is C19H19N3O3S. The van der Waals surface area contributed by atoms with Crippen molar-refractivity contribution in [2.45, 2.75) is 26.2 Å². The van der Waals surface area contributed by atoms with E-state index < -0.39 is 5.91 Å². The maximum absolute atomic E-state index is 12.2. The third-order valence-corrected chi connectivity index (χ3v) is 5.53. The molecule has 0 bridgehead atoms. The molecule has 1 aromatic carbocycles. The number of carbonyl (C=O) groups is 2. The Morgan fingerprint density at radius 1 is 1.38 bits per heavy atom. The van der Waals surface area contributed by atoms with Gasteiger partial charge in [-0.05, 0) is 55.0 Å². The number of anilines is 1. The molecule has 2 aromatic rings. The van der Waals surface area contributed by atoms with Crippen molar-refractivity contribution < 1.29 is 14.3 Å². The van der Waals surface area contributed by atoms with Crippen LogP contribution in [0.4, 0.5) is 5.00 Å². The summed E-state index contributed by atoms with van der Waals surface area (Å²) in [5, 5.41) is 12.0. The second kappa shape index (κ2) is 7.58. The van der Waals surface area contributed by atoms with Gasteiger partial charge in [-0.3, -0.25) is 9.59 Å². The summed E-state index contributed by atoms with van der Waals surface area (Å²) >= 11 is 1.42. The third kappa shape index (κ3) is 3.86. The van der Waals surface area contributed by atoms with Crippen molar-refractivity contribution in [3.63, 3.8) is 0 Å². The van der Waals surface area contributed by atoms with Gasteiger partial charge < -0.3 is 15.8 Å². The van der Waals surface area contributed by atoms with Crippen LogP contribution in [0.15, 0.2) is 24.3 Å². The molecule has 7 heteroatoms. The van der Waals surface area contributed by atoms with Crippen LogP contribution in [0.3, 0.4) is 0 Å². The highest BCUT2D eigenvalue weighted by Crippen LogP contribution is 2.39. The summed E-state index contributed by atoms with van der Waals surface area (Å²) in [6.45, 7) is 1.99. The number of nitrogens with two attached hydrogens (primary N) is 1. The second-order valence-electron chi connectivity index (χ2n) is 6.39. The van der Waals surface area contributed by atoms with E-state index in [2.05, 4.69) is 12.2 Å². The van der Waals surface area contributed by atoms with Crippen LogP contribution in [0.2, 0.25) is 0 Å². The predicted octanol–water partition coefficient (Wildman–Crippen LogP) is 2.86. The van der Waals surface area contributed by atoms with E-state index in [1.165, 1.54) is 11.3 Å². The molecular weight excluding hydrogens is 350 g/mol. The quantitative estimate of drug-likeness (QED) is 0.845. The fourth-order valence-corrected chi connectivity index (χ4v) is 4.47. The molecule has 0 spiro atoms. The first-order chi connectivity index (χ1) is 12.5. The number of amides is 2. The molecule has 0 saturated carbocycles. The zero-order valence-corrected chi connectivity index (χ0v) is 15.2. The summed E-state index contributed by atoms with van der Waals surface area (Å²) in [6, 6.07) is 8.52. The lowest BCUT2D eigenvalue weighted by molar-refractivity contribution is -0.118. The SMILES string of the molecule is C[C@@H]1CCc2c(sc(NC(=O)COc3ccc(C#N)cc3)c2C(N)=O)C1. The molecule has 134 valence electrons. The van der Waals surface area contributed by atoms with Crippen molar-refractivity contribution in [1.29, 1.82) is 5.26 Å². The van der Waals surface area contributed by atoms with Crippen LogP contribution < -0.4 is 15.8 Å². The number of benzene rings is 1. The molecule has 0 saturated heterocycles. The standard InChI is InChI=1S/C19H19N3O3S/c1-11-2-7-14-15(8-11)26-19(17(14)18(21)24)22-16(23)10-25-13-5-3-12(9-20)4-6-13/h3-6,11H,2,7-8,10H2,1H3,(H2,21,24)(H,22,23)/t11-/m1/s1. The highest BCUT2D eigenvalue weighted by molar-refractivity contribution is 7.17. The first-order valence-corrected chi connectivity index (χ1v) is 9.16. The molecule has 2 amide bonds. The number of nitriles is 1. The van der Waals surface area contributed by atoms with Crippen molar-refractivity contribution in [1.82, 2.24) is 0 Å². The molecule has 1 aliphatic carbocycles. The number of nitrogens with one attached hydrogen (secondary N) is 1. The molecule has 1 aromatic heterocycles. The van der Waals surface area contributed by atoms with Crippen LogP contribution in [0.5, 0.6) is 5.75 Å². The van der Waals surface area contributed by atoms with E-state index in [0.29, 0.717) is 27.8 Å². The molecule has 6 nitrogen and oxygen atoms in total. The smallest absolute Gasteiger partial charge is 0.262 e. The molecule has 3 rings (SSSR count). The van der Waals surface area contributed by atoms with Crippen LogP contribution in [0.25, 0.3) is 0 Å². The van der Waals surface area contributed by atoms with Gasteiger partial charge in [-0.2, -0.15) is 5.26 Å². The predicted molar refractivity (Wildman–Crippen MR) is 99.3 cm³/mol. The Morgan fingerprint density at radius 2 is 2.12 bits per heavy atom. The molecule has 1 aliphatic rings. The monoisotopic (exact) mass is 369 g/mol. The van der Waals surface area contributed by atoms with E-state index in [9.17, 15) is 9.59 Å². The third-order valence-electron chi connectivity index (χ3n) is 4.36. The van der Waals surface area contributed by atoms with Gasteiger partial charge in [0, 0.05) is 4.88 Å². The number of carbonyl (C=O) groups excluding carboxylic acids is 2. The fourth-order valence-electron chi connectivity index (χ4n) is 3.04. The molecule has 26 heavy (non-hydrogen) atoms. The van der Waals surface area contributed by atoms with Crippen LogP contribution in [-0.4, -0.2) is 18.4 Å². The molecule has 1 heterocycles. The van der Waals surface area contributed by atoms with Gasteiger partial charge >= 0.3 is 0 Å². The Labute approximate surface area is 155 Å². The highest BCUT2D eigenvalue weighted by Gasteiger charge is 2.27. The number of hydrogen-bond donors (Lipinski definition) is 2. The Bertz CT molecular complexity index is 881. The second-order valence-corrected chi connectivity index (χ2v) is 7.50. The number of fused-ring (bicyclic) bond motifs is 1. The number of thiophene rings is 1. The molecule has 0 fully saturated rings. The lowest BCUT2D eigenvalue weighted by atomic mass is 9.88. The maximum Gasteiger partial charge on any atom is 0.262 e. The Hall–Kier alpha value is -2.85. The van der Waals surface area contributed by atoms with Gasteiger partial charge in [0.05, 0.1) is 17.2 Å². The van der Waals surface area contributed by atoms with Crippen LogP contribution in [0, 0.1) is 17.2 Å². The lowest BCUT2D eigenvalue weighted by Crippen LogP contribution is -2.22. The molecule has 0 aliphatic heterocycles. The number of hydrogen-bond acceptors (Lipinski definition) is 5. The summed E-state index contributed by atoms with van der Waals surface area (Å²) in [4.78, 5) is 25.2. The number of primary amides is 1. The minimum atomic E-state index is -0.514. The normalized spacial score (nSPS) is 15.6. The topological polar surface area (TPSA) is 105 Å². The van der Waals surface area contributed by atoms with E-state index in [0.717, 1.165) is 29.7 Å². The molecule has 1 atom stereocenters. The summed E-state index contributed by atoms with van der Waals surface area (Å²) in [5.74, 6) is 0.183. The largest absolute Gasteiger partial charge is 0.484 e. The number of rotatable bonds is 5. The van der Waals surface area contributed by atoms with E-state index in [4.69, 9.17) is 15.7 Å². The summed E-state index contributed by atoms with van der Waals surface area (Å²) in [6.07, 6.45) is 2.72. The first kappa shape index (κ1) is 18.0. The molecule has 0 unspecified atom stereocenters. The Kier molecular flexibility index (Phi) is 5.24. The van der Waals surface area contributed by atoms with Gasteiger partial charge in [0.25, 0.3) is 11.8 Å². The molecule has 3 N–H and O–H groups in total. The minimum Gasteiger partial charge on any atom is -0.484 e. The van der Waals surface area contributed by atoms with E-state index in [-0.39, 0.29) is 12.5 Å². The van der Waals surface area contributed by atoms with Crippen molar-refractivity contribution in [2.24, 2.45) is 11.7 Å². The van der Waals surface area contributed by atoms with Crippen LogP contribution >= 0.6 is 11.3 Å². The zero-order valence-electron chi connectivity index (χ0n) is 14.4. The van der Waals surface area contributed by atoms with E-state index in [1.807, 2.05) is 6.07 Å². The van der Waals surface area contributed by atoms with Crippen molar-refractivity contribution in [3.05, 3.63) is 45.8 Å². The number of ether oxygens (including phenoxy) is 1. The minimum absolute atomic E-state index is 0.191. The summed E-state index contributed by atoms with van der Waals surface area (Å²) in [5.41, 5.74) is 7.47. The first-order valence-electron chi connectivity index (χ1n) is 8.35. The summed E-state index contributed by atoms with van der Waals surface area (Å²) in [7, 11) is 0. The van der Waals surface area contributed by atoms with Gasteiger partial charge in [0.1, 0.15) is 10.8 Å². The van der Waals surface area contributed by atoms with Gasteiger partial charge in [-0.25, -0.2) is 0 Å².